The molecule has 1 aliphatic heterocycles. The fourth-order valence-corrected chi connectivity index (χ4v) is 5.00. The molecule has 32 heavy (non-hydrogen) atoms. The van der Waals surface area contributed by atoms with E-state index in [0.717, 1.165) is 77.0 Å². The molecule has 1 unspecified atom stereocenters. The van der Waals surface area contributed by atoms with Crippen LogP contribution in [-0.2, 0) is 14.4 Å². The molecule has 2 saturated carbocycles. The number of carbonyl (C=O) groups excluding carboxylic acids is 3. The summed E-state index contributed by atoms with van der Waals surface area (Å²) < 4.78 is 0. The van der Waals surface area contributed by atoms with E-state index >= 15 is 0 Å². The Labute approximate surface area is 196 Å². The summed E-state index contributed by atoms with van der Waals surface area (Å²) in [5.74, 6) is -2.89. The molecule has 1 saturated heterocycles. The third kappa shape index (κ3) is 6.67. The van der Waals surface area contributed by atoms with Crippen LogP contribution in [0.25, 0.3) is 0 Å². The van der Waals surface area contributed by atoms with E-state index in [1.54, 1.807) is 0 Å². The number of hydrogen-bond acceptors (Lipinski definition) is 4. The number of nitrogens with two attached hydrogens (primary N) is 2. The normalized spacial score (nSPS) is 25.3. The molecular formula is C22H37ClN6O3. The number of rotatable bonds is 4. The Balaban J connectivity index is 0.00000363. The number of guanidine groups is 1. The number of hydrazone groups is 1. The van der Waals surface area contributed by atoms with Gasteiger partial charge in [0.1, 0.15) is 0 Å². The van der Waals surface area contributed by atoms with Crippen molar-refractivity contribution < 1.29 is 31.9 Å². The summed E-state index contributed by atoms with van der Waals surface area (Å²) in [5, 5.41) is 9.37. The number of carbonyl (C=O) groups is 3. The maximum absolute atomic E-state index is 13.3. The van der Waals surface area contributed by atoms with Crippen molar-refractivity contribution in [2.24, 2.45) is 22.5 Å². The Morgan fingerprint density at radius 1 is 0.875 bits per heavy atom. The monoisotopic (exact) mass is 468 g/mol. The van der Waals surface area contributed by atoms with E-state index in [-0.39, 0.29) is 36.2 Å². The summed E-state index contributed by atoms with van der Waals surface area (Å²) in [5.41, 5.74) is 10.7. The molecule has 3 fully saturated rings. The van der Waals surface area contributed by atoms with Crippen LogP contribution in [-0.4, -0.2) is 46.4 Å². The van der Waals surface area contributed by atoms with E-state index in [9.17, 15) is 14.4 Å². The quantitative estimate of drug-likeness (QED) is 0.114. The average Bonchev–Trinajstić information content (AvgIpc) is 2.92. The number of nitrogens with zero attached hydrogens (tertiary/aromatic N) is 2. The van der Waals surface area contributed by atoms with Crippen LogP contribution in [0, 0.1) is 5.92 Å². The van der Waals surface area contributed by atoms with Gasteiger partial charge in [-0.3, -0.25) is 30.8 Å². The molecule has 0 bridgehead atoms. The molecule has 3 amide bonds. The Hall–Kier alpha value is -2.16. The fraction of sp³-hybridized carbons (Fsp3) is 0.773. The maximum atomic E-state index is 13.3. The van der Waals surface area contributed by atoms with Gasteiger partial charge >= 0.3 is 5.96 Å². The molecule has 1 heterocycles. The standard InChI is InChI=1S/C22H36N6O3.ClH/c23-22(24)27-26-18-17(19(29)25-15-11-7-3-1-4-8-12-15)20(30)28(21(18)31)16-13-9-5-2-6-10-14-16;/h15-17H,1-14H2,(H,25,29)(H4,23,24,27);1H/b26-18-;. The van der Waals surface area contributed by atoms with Gasteiger partial charge in [-0.15, -0.1) is 5.10 Å². The van der Waals surface area contributed by atoms with E-state index in [1.165, 1.54) is 17.7 Å². The lowest BCUT2D eigenvalue weighted by Crippen LogP contribution is -3.00. The lowest BCUT2D eigenvalue weighted by Gasteiger charge is -2.28. The van der Waals surface area contributed by atoms with Crippen LogP contribution >= 0.6 is 0 Å². The SMILES string of the molecule is NC(N)=[NH+]/N=C1\C(=O)N(C2CCCCCCC2)C(=O)C1C(=O)NC1CCCCCCC1.[Cl-]. The summed E-state index contributed by atoms with van der Waals surface area (Å²) in [4.78, 5) is 41.0. The zero-order chi connectivity index (χ0) is 22.2. The van der Waals surface area contributed by atoms with Gasteiger partial charge in [0.05, 0.1) is 0 Å². The van der Waals surface area contributed by atoms with Crippen molar-refractivity contribution in [2.75, 3.05) is 0 Å². The molecule has 0 aromatic rings. The maximum Gasteiger partial charge on any atom is 0.362 e. The first-order chi connectivity index (χ1) is 15.0. The molecule has 10 heteroatoms. The minimum Gasteiger partial charge on any atom is -1.00 e. The highest BCUT2D eigenvalue weighted by Gasteiger charge is 2.52. The molecule has 0 aromatic heterocycles. The van der Waals surface area contributed by atoms with E-state index in [2.05, 4.69) is 15.5 Å². The number of nitrogens with one attached hydrogen (secondary N) is 2. The first-order valence-corrected chi connectivity index (χ1v) is 11.9. The molecule has 9 nitrogen and oxygen atoms in total. The smallest absolute Gasteiger partial charge is 0.362 e. The van der Waals surface area contributed by atoms with Gasteiger partial charge in [-0.1, -0.05) is 64.2 Å². The first-order valence-electron chi connectivity index (χ1n) is 11.9. The summed E-state index contributed by atoms with van der Waals surface area (Å²) in [6.07, 6.45) is 14.3. The highest BCUT2D eigenvalue weighted by molar-refractivity contribution is 6.54. The highest BCUT2D eigenvalue weighted by Crippen LogP contribution is 2.28. The number of likely N-dealkylation sites (tertiary alicyclic amines) is 1. The van der Waals surface area contributed by atoms with Gasteiger partial charge in [-0.2, -0.15) is 5.10 Å². The predicted molar refractivity (Wildman–Crippen MR) is 117 cm³/mol. The van der Waals surface area contributed by atoms with Crippen molar-refractivity contribution in [3.8, 4) is 0 Å². The van der Waals surface area contributed by atoms with Crippen LogP contribution in [0.3, 0.4) is 0 Å². The van der Waals surface area contributed by atoms with Crippen LogP contribution in [0.5, 0.6) is 0 Å². The second kappa shape index (κ2) is 12.8. The third-order valence-corrected chi connectivity index (χ3v) is 6.65. The van der Waals surface area contributed by atoms with E-state index in [0.29, 0.717) is 0 Å². The molecular weight excluding hydrogens is 432 g/mol. The van der Waals surface area contributed by atoms with Gasteiger partial charge < -0.3 is 17.7 Å². The molecule has 180 valence electrons. The molecule has 0 radical (unpaired) electrons. The fourth-order valence-electron chi connectivity index (χ4n) is 5.00. The summed E-state index contributed by atoms with van der Waals surface area (Å²) in [6.45, 7) is 0. The third-order valence-electron chi connectivity index (χ3n) is 6.65. The van der Waals surface area contributed by atoms with Gasteiger partial charge in [0.2, 0.25) is 11.8 Å². The molecule has 0 spiro atoms. The van der Waals surface area contributed by atoms with Crippen LogP contribution in [0.2, 0.25) is 0 Å². The lowest BCUT2D eigenvalue weighted by atomic mass is 9.95. The van der Waals surface area contributed by atoms with Gasteiger partial charge in [0.25, 0.3) is 5.91 Å². The van der Waals surface area contributed by atoms with Gasteiger partial charge in [-0.05, 0) is 25.7 Å². The van der Waals surface area contributed by atoms with Crippen molar-refractivity contribution >= 4 is 29.4 Å². The van der Waals surface area contributed by atoms with E-state index in [4.69, 9.17) is 11.5 Å². The molecule has 2 aliphatic carbocycles. The number of halogens is 1. The molecule has 1 atom stereocenters. The van der Waals surface area contributed by atoms with Crippen molar-refractivity contribution in [1.82, 2.24) is 10.2 Å². The highest BCUT2D eigenvalue weighted by atomic mass is 35.5. The minimum absolute atomic E-state index is 0. The predicted octanol–water partition coefficient (Wildman–Crippen LogP) is -2.97. The van der Waals surface area contributed by atoms with E-state index < -0.39 is 23.6 Å². The van der Waals surface area contributed by atoms with Crippen LogP contribution in [0.4, 0.5) is 0 Å². The van der Waals surface area contributed by atoms with Crippen molar-refractivity contribution in [2.45, 2.75) is 102 Å². The van der Waals surface area contributed by atoms with Crippen molar-refractivity contribution in [3.05, 3.63) is 0 Å². The largest absolute Gasteiger partial charge is 1.00 e. The Kier molecular flexibility index (Phi) is 10.4. The zero-order valence-corrected chi connectivity index (χ0v) is 19.5. The summed E-state index contributed by atoms with van der Waals surface area (Å²) in [6, 6.07) is -0.171. The van der Waals surface area contributed by atoms with Gasteiger partial charge in [-0.25, -0.2) is 0 Å². The average molecular weight is 469 g/mol. The number of amides is 3. The van der Waals surface area contributed by atoms with Gasteiger partial charge in [0.15, 0.2) is 11.6 Å². The van der Waals surface area contributed by atoms with Crippen molar-refractivity contribution in [1.29, 1.82) is 0 Å². The minimum atomic E-state index is -1.25. The Bertz CT molecular complexity index is 721. The number of imide groups is 1. The first kappa shape index (κ1) is 26.1. The summed E-state index contributed by atoms with van der Waals surface area (Å²) in [7, 11) is 0. The van der Waals surface area contributed by atoms with E-state index in [1.807, 2.05) is 0 Å². The molecule has 3 aliphatic rings. The molecule has 3 rings (SSSR count). The van der Waals surface area contributed by atoms with Gasteiger partial charge in [0, 0.05) is 12.1 Å². The van der Waals surface area contributed by atoms with Crippen LogP contribution in [0.15, 0.2) is 5.10 Å². The van der Waals surface area contributed by atoms with Crippen LogP contribution < -0.4 is 34.3 Å². The van der Waals surface area contributed by atoms with Crippen molar-refractivity contribution in [3.63, 3.8) is 0 Å². The molecule has 0 aromatic carbocycles. The zero-order valence-electron chi connectivity index (χ0n) is 18.8. The second-order valence-electron chi connectivity index (χ2n) is 9.06. The van der Waals surface area contributed by atoms with Crippen LogP contribution in [0.1, 0.15) is 89.9 Å². The second-order valence-corrected chi connectivity index (χ2v) is 9.06. The lowest BCUT2D eigenvalue weighted by molar-refractivity contribution is -0.464. The molecule has 6 N–H and O–H groups in total. The Morgan fingerprint density at radius 3 is 1.91 bits per heavy atom. The topological polar surface area (TPSA) is 145 Å². The Morgan fingerprint density at radius 2 is 1.38 bits per heavy atom. The summed E-state index contributed by atoms with van der Waals surface area (Å²) >= 11 is 0. The number of hydrogen-bond donors (Lipinski definition) is 4.